The first-order chi connectivity index (χ1) is 13.1. The van der Waals surface area contributed by atoms with Crippen molar-refractivity contribution in [3.8, 4) is 0 Å². The summed E-state index contributed by atoms with van der Waals surface area (Å²) in [4.78, 5) is 12.5. The average molecular weight is 366 g/mol. The molecular weight excluding hydrogens is 344 g/mol. The Morgan fingerprint density at radius 1 is 1.19 bits per heavy atom. The number of carbonyl (C=O) groups excluding carboxylic acids is 1. The molecule has 3 heterocycles. The Morgan fingerprint density at radius 2 is 2.00 bits per heavy atom. The van der Waals surface area contributed by atoms with Crippen LogP contribution < -0.4 is 16.2 Å². The molecule has 1 saturated heterocycles. The van der Waals surface area contributed by atoms with E-state index in [0.29, 0.717) is 17.9 Å². The summed E-state index contributed by atoms with van der Waals surface area (Å²) in [5.41, 5.74) is 9.34. The van der Waals surface area contributed by atoms with E-state index in [4.69, 9.17) is 8.94 Å². The molecule has 0 spiro atoms. The maximum atomic E-state index is 12.5. The Bertz CT molecular complexity index is 912. The molecular formula is C20H22N4O3. The van der Waals surface area contributed by atoms with Crippen molar-refractivity contribution in [1.29, 1.82) is 0 Å². The number of nitrogens with one attached hydrogen (secondary N) is 3. The molecule has 3 N–H and O–H groups in total. The van der Waals surface area contributed by atoms with Crippen LogP contribution in [0.1, 0.15) is 51.4 Å². The Kier molecular flexibility index (Phi) is 4.79. The molecule has 1 aliphatic rings. The topological polar surface area (TPSA) is 92.3 Å². The van der Waals surface area contributed by atoms with Gasteiger partial charge in [0, 0.05) is 24.4 Å². The number of benzene rings is 1. The van der Waals surface area contributed by atoms with Crippen LogP contribution in [0.5, 0.6) is 0 Å². The van der Waals surface area contributed by atoms with Crippen LogP contribution in [0, 0.1) is 13.8 Å². The van der Waals surface area contributed by atoms with E-state index in [1.807, 2.05) is 38.1 Å². The third-order valence-corrected chi connectivity index (χ3v) is 4.83. The predicted octanol–water partition coefficient (Wildman–Crippen LogP) is 2.77. The zero-order valence-electron chi connectivity index (χ0n) is 15.3. The van der Waals surface area contributed by atoms with Gasteiger partial charge < -0.3 is 14.3 Å². The van der Waals surface area contributed by atoms with Gasteiger partial charge in [-0.3, -0.25) is 4.79 Å². The minimum Gasteiger partial charge on any atom is -0.456 e. The number of hydrogen-bond acceptors (Lipinski definition) is 6. The highest BCUT2D eigenvalue weighted by Gasteiger charge is 2.27. The zero-order valence-corrected chi connectivity index (χ0v) is 15.3. The van der Waals surface area contributed by atoms with E-state index in [-0.39, 0.29) is 18.1 Å². The number of hydrazine groups is 1. The van der Waals surface area contributed by atoms with E-state index in [0.717, 1.165) is 23.4 Å². The largest absolute Gasteiger partial charge is 0.456 e. The van der Waals surface area contributed by atoms with Crippen LogP contribution >= 0.6 is 0 Å². The normalized spacial score (nSPS) is 19.3. The highest BCUT2D eigenvalue weighted by molar-refractivity contribution is 5.91. The lowest BCUT2D eigenvalue weighted by atomic mass is 10.0. The van der Waals surface area contributed by atoms with Crippen LogP contribution in [0.15, 0.2) is 51.4 Å². The molecule has 2 atom stereocenters. The first kappa shape index (κ1) is 17.5. The lowest BCUT2D eigenvalue weighted by Gasteiger charge is -2.11. The van der Waals surface area contributed by atoms with E-state index >= 15 is 0 Å². The number of amides is 1. The number of carbonyl (C=O) groups is 1. The molecule has 0 bridgehead atoms. The third-order valence-electron chi connectivity index (χ3n) is 4.83. The maximum absolute atomic E-state index is 12.5. The summed E-state index contributed by atoms with van der Waals surface area (Å²) in [7, 11) is 0. The van der Waals surface area contributed by atoms with Gasteiger partial charge in [0.2, 0.25) is 0 Å². The molecule has 0 radical (unpaired) electrons. The maximum Gasteiger partial charge on any atom is 0.288 e. The summed E-state index contributed by atoms with van der Waals surface area (Å²) >= 11 is 0. The number of rotatable bonds is 5. The van der Waals surface area contributed by atoms with Crippen LogP contribution in [0.4, 0.5) is 0 Å². The van der Waals surface area contributed by atoms with Gasteiger partial charge in [0.05, 0.1) is 11.9 Å². The summed E-state index contributed by atoms with van der Waals surface area (Å²) in [5, 5.41) is 6.90. The van der Waals surface area contributed by atoms with Gasteiger partial charge in [-0.05, 0) is 31.5 Å². The van der Waals surface area contributed by atoms with E-state index in [1.165, 1.54) is 5.56 Å². The molecule has 7 heteroatoms. The number of aryl methyl sites for hydroxylation is 2. The molecule has 0 saturated carbocycles. The second-order valence-electron chi connectivity index (χ2n) is 6.76. The summed E-state index contributed by atoms with van der Waals surface area (Å²) in [5.74, 6) is 1.52. The first-order valence-corrected chi connectivity index (χ1v) is 8.97. The minimum absolute atomic E-state index is 0.156. The predicted molar refractivity (Wildman–Crippen MR) is 98.8 cm³/mol. The lowest BCUT2D eigenvalue weighted by molar-refractivity contribution is 0.0902. The second-order valence-corrected chi connectivity index (χ2v) is 6.76. The Labute approximate surface area is 157 Å². The monoisotopic (exact) mass is 366 g/mol. The zero-order chi connectivity index (χ0) is 18.8. The smallest absolute Gasteiger partial charge is 0.288 e. The molecule has 3 aromatic rings. The molecule has 1 aliphatic heterocycles. The molecule has 1 fully saturated rings. The third kappa shape index (κ3) is 3.79. The highest BCUT2D eigenvalue weighted by Crippen LogP contribution is 2.22. The second kappa shape index (κ2) is 7.38. The fraction of sp³-hybridized carbons (Fsp3) is 0.300. The molecule has 7 nitrogen and oxygen atoms in total. The van der Waals surface area contributed by atoms with Gasteiger partial charge in [-0.25, -0.2) is 10.9 Å². The SMILES string of the molecule is Cc1noc(C)c1Cc1ccc(C(=O)NC2CC(c3ccccc3)NN2)o1. The number of aromatic nitrogens is 1. The van der Waals surface area contributed by atoms with Gasteiger partial charge in [-0.2, -0.15) is 0 Å². The van der Waals surface area contributed by atoms with E-state index in [9.17, 15) is 4.79 Å². The minimum atomic E-state index is -0.243. The van der Waals surface area contributed by atoms with Crippen LogP contribution in [0.25, 0.3) is 0 Å². The van der Waals surface area contributed by atoms with Crippen LogP contribution in [0.3, 0.4) is 0 Å². The van der Waals surface area contributed by atoms with Gasteiger partial charge in [0.1, 0.15) is 11.5 Å². The molecule has 2 aromatic heterocycles. The van der Waals surface area contributed by atoms with Crippen LogP contribution in [0.2, 0.25) is 0 Å². The van der Waals surface area contributed by atoms with Gasteiger partial charge in [0.25, 0.3) is 5.91 Å². The lowest BCUT2D eigenvalue weighted by Crippen LogP contribution is -2.44. The molecule has 0 aliphatic carbocycles. The van der Waals surface area contributed by atoms with E-state index in [2.05, 4.69) is 33.5 Å². The quantitative estimate of drug-likeness (QED) is 0.643. The van der Waals surface area contributed by atoms with E-state index in [1.54, 1.807) is 6.07 Å². The Morgan fingerprint density at radius 3 is 2.74 bits per heavy atom. The molecule has 2 unspecified atom stereocenters. The number of hydrogen-bond donors (Lipinski definition) is 3. The van der Waals surface area contributed by atoms with E-state index < -0.39 is 0 Å². The average Bonchev–Trinajstić information content (AvgIpc) is 3.40. The van der Waals surface area contributed by atoms with Crippen molar-refractivity contribution >= 4 is 5.91 Å². The molecule has 27 heavy (non-hydrogen) atoms. The van der Waals surface area contributed by atoms with Crippen molar-refractivity contribution in [2.75, 3.05) is 0 Å². The molecule has 1 aromatic carbocycles. The van der Waals surface area contributed by atoms with Gasteiger partial charge in [-0.15, -0.1) is 0 Å². The first-order valence-electron chi connectivity index (χ1n) is 8.97. The van der Waals surface area contributed by atoms with Crippen molar-refractivity contribution in [3.63, 3.8) is 0 Å². The Balaban J connectivity index is 1.36. The Hall–Kier alpha value is -2.90. The van der Waals surface area contributed by atoms with Gasteiger partial charge in [0.15, 0.2) is 5.76 Å². The summed E-state index contributed by atoms with van der Waals surface area (Å²) in [6.45, 7) is 3.76. The molecule has 140 valence electrons. The number of furan rings is 1. The number of nitrogens with zero attached hydrogens (tertiary/aromatic N) is 1. The standard InChI is InChI=1S/C20H22N4O3/c1-12-16(13(2)27-24-12)10-15-8-9-18(26-15)20(25)21-19-11-17(22-23-19)14-6-4-3-5-7-14/h3-9,17,19,22-23H,10-11H2,1-2H3,(H,21,25). The van der Waals surface area contributed by atoms with Crippen molar-refractivity contribution in [3.05, 3.63) is 76.6 Å². The van der Waals surface area contributed by atoms with Gasteiger partial charge >= 0.3 is 0 Å². The highest BCUT2D eigenvalue weighted by atomic mass is 16.5. The fourth-order valence-corrected chi connectivity index (χ4v) is 3.31. The summed E-state index contributed by atoms with van der Waals surface area (Å²) in [6, 6.07) is 13.8. The van der Waals surface area contributed by atoms with Crippen molar-refractivity contribution in [1.82, 2.24) is 21.3 Å². The summed E-state index contributed by atoms with van der Waals surface area (Å²) < 4.78 is 10.9. The molecule has 4 rings (SSSR count). The van der Waals surface area contributed by atoms with Crippen LogP contribution in [-0.4, -0.2) is 17.2 Å². The summed E-state index contributed by atoms with van der Waals surface area (Å²) in [6.07, 6.45) is 1.13. The van der Waals surface area contributed by atoms with Gasteiger partial charge in [-0.1, -0.05) is 35.5 Å². The van der Waals surface area contributed by atoms with Crippen molar-refractivity contribution in [2.24, 2.45) is 0 Å². The van der Waals surface area contributed by atoms with Crippen molar-refractivity contribution < 1.29 is 13.7 Å². The van der Waals surface area contributed by atoms with Crippen molar-refractivity contribution in [2.45, 2.75) is 38.9 Å². The van der Waals surface area contributed by atoms with Crippen LogP contribution in [-0.2, 0) is 6.42 Å². The molecule has 1 amide bonds. The fourth-order valence-electron chi connectivity index (χ4n) is 3.31.